The first kappa shape index (κ1) is 18.6. The van der Waals surface area contributed by atoms with E-state index in [4.69, 9.17) is 21.1 Å². The van der Waals surface area contributed by atoms with Crippen LogP contribution in [-0.2, 0) is 15.0 Å². The molecule has 0 atom stereocenters. The first-order chi connectivity index (χ1) is 12.1. The molecule has 0 unspecified atom stereocenters. The van der Waals surface area contributed by atoms with Gasteiger partial charge in [-0.2, -0.15) is 4.98 Å². The van der Waals surface area contributed by atoms with Gasteiger partial charge in [0, 0.05) is 24.8 Å². The highest BCUT2D eigenvalue weighted by Gasteiger charge is 2.38. The standard InChI is InChI=1S/C18H26ClN3O3/c1-3-24-16(25-4-2)14-10-13-11-20-17(19)21-15(13)22(14)18(12-23)8-6-5-7-9-18/h10-11,16,23H,3-9,12H2,1-2H3. The average Bonchev–Trinajstić information content (AvgIpc) is 3.01. The van der Waals surface area contributed by atoms with Crippen LogP contribution in [0.2, 0.25) is 5.28 Å². The first-order valence-electron chi connectivity index (χ1n) is 9.03. The Morgan fingerprint density at radius 1 is 1.24 bits per heavy atom. The van der Waals surface area contributed by atoms with Gasteiger partial charge in [-0.25, -0.2) is 4.98 Å². The Balaban J connectivity index is 2.21. The Bertz CT molecular complexity index is 707. The van der Waals surface area contributed by atoms with Gasteiger partial charge in [0.05, 0.1) is 17.8 Å². The van der Waals surface area contributed by atoms with Gasteiger partial charge in [0.25, 0.3) is 0 Å². The number of aromatic nitrogens is 3. The highest BCUT2D eigenvalue weighted by atomic mass is 35.5. The SMILES string of the molecule is CCOC(OCC)c1cc2cnc(Cl)nc2n1C1(CO)CCCCC1. The van der Waals surface area contributed by atoms with Crippen LogP contribution in [0.4, 0.5) is 0 Å². The van der Waals surface area contributed by atoms with E-state index in [1.807, 2.05) is 19.9 Å². The molecule has 1 fully saturated rings. The van der Waals surface area contributed by atoms with Gasteiger partial charge in [0.15, 0.2) is 6.29 Å². The van der Waals surface area contributed by atoms with Crippen molar-refractivity contribution in [2.75, 3.05) is 19.8 Å². The van der Waals surface area contributed by atoms with Crippen molar-refractivity contribution >= 4 is 22.6 Å². The van der Waals surface area contributed by atoms with E-state index in [1.54, 1.807) is 6.20 Å². The minimum absolute atomic E-state index is 0.0520. The number of hydrogen-bond acceptors (Lipinski definition) is 5. The van der Waals surface area contributed by atoms with Crippen molar-refractivity contribution in [3.05, 3.63) is 23.2 Å². The molecule has 0 amide bonds. The van der Waals surface area contributed by atoms with Crippen molar-refractivity contribution in [3.8, 4) is 0 Å². The zero-order valence-electron chi connectivity index (χ0n) is 14.9. The Labute approximate surface area is 153 Å². The van der Waals surface area contributed by atoms with Crippen molar-refractivity contribution < 1.29 is 14.6 Å². The molecule has 2 aromatic heterocycles. The molecule has 1 N–H and O–H groups in total. The normalized spacial score (nSPS) is 17.5. The van der Waals surface area contributed by atoms with Crippen LogP contribution in [0.25, 0.3) is 11.0 Å². The van der Waals surface area contributed by atoms with E-state index < -0.39 is 11.8 Å². The van der Waals surface area contributed by atoms with E-state index in [2.05, 4.69) is 14.5 Å². The van der Waals surface area contributed by atoms with Gasteiger partial charge in [-0.05, 0) is 44.4 Å². The molecule has 0 bridgehead atoms. The summed E-state index contributed by atoms with van der Waals surface area (Å²) in [5, 5.41) is 11.4. The van der Waals surface area contributed by atoms with E-state index in [1.165, 1.54) is 6.42 Å². The summed E-state index contributed by atoms with van der Waals surface area (Å²) in [5.74, 6) is 0. The van der Waals surface area contributed by atoms with Crippen LogP contribution in [0.1, 0.15) is 57.9 Å². The van der Waals surface area contributed by atoms with Gasteiger partial charge in [-0.1, -0.05) is 19.3 Å². The van der Waals surface area contributed by atoms with E-state index in [0.29, 0.717) is 13.2 Å². The van der Waals surface area contributed by atoms with Crippen LogP contribution in [0.5, 0.6) is 0 Å². The summed E-state index contributed by atoms with van der Waals surface area (Å²) < 4.78 is 13.8. The van der Waals surface area contributed by atoms with Gasteiger partial charge in [-0.3, -0.25) is 0 Å². The maximum Gasteiger partial charge on any atom is 0.224 e. The second-order valence-electron chi connectivity index (χ2n) is 6.51. The lowest BCUT2D eigenvalue weighted by Crippen LogP contribution is -2.41. The van der Waals surface area contributed by atoms with Crippen LogP contribution in [-0.4, -0.2) is 39.5 Å². The number of halogens is 1. The molecule has 2 heterocycles. The molecular formula is C18H26ClN3O3. The lowest BCUT2D eigenvalue weighted by molar-refractivity contribution is -0.146. The van der Waals surface area contributed by atoms with E-state index in [0.717, 1.165) is 42.4 Å². The Morgan fingerprint density at radius 3 is 2.52 bits per heavy atom. The van der Waals surface area contributed by atoms with Crippen molar-refractivity contribution in [1.29, 1.82) is 0 Å². The second-order valence-corrected chi connectivity index (χ2v) is 6.85. The molecule has 0 aromatic carbocycles. The fourth-order valence-electron chi connectivity index (χ4n) is 3.84. The molecule has 2 aromatic rings. The second kappa shape index (κ2) is 7.99. The number of rotatable bonds is 7. The van der Waals surface area contributed by atoms with Crippen molar-refractivity contribution in [3.63, 3.8) is 0 Å². The van der Waals surface area contributed by atoms with Crippen LogP contribution in [0, 0.1) is 0 Å². The monoisotopic (exact) mass is 367 g/mol. The Morgan fingerprint density at radius 2 is 1.92 bits per heavy atom. The molecule has 25 heavy (non-hydrogen) atoms. The number of ether oxygens (including phenoxy) is 2. The van der Waals surface area contributed by atoms with Crippen molar-refractivity contribution in [2.45, 2.75) is 57.8 Å². The molecule has 1 aliphatic carbocycles. The highest BCUT2D eigenvalue weighted by molar-refractivity contribution is 6.28. The minimum atomic E-state index is -0.506. The number of fused-ring (bicyclic) bond motifs is 1. The fraction of sp³-hybridized carbons (Fsp3) is 0.667. The zero-order chi connectivity index (χ0) is 17.9. The largest absolute Gasteiger partial charge is 0.394 e. The third-order valence-electron chi connectivity index (χ3n) is 4.97. The first-order valence-corrected chi connectivity index (χ1v) is 9.41. The maximum atomic E-state index is 10.3. The van der Waals surface area contributed by atoms with Crippen LogP contribution in [0.15, 0.2) is 12.3 Å². The number of hydrogen-bond donors (Lipinski definition) is 1. The molecule has 0 saturated heterocycles. The summed E-state index contributed by atoms with van der Waals surface area (Å²) in [5.41, 5.74) is 1.20. The smallest absolute Gasteiger partial charge is 0.224 e. The van der Waals surface area contributed by atoms with Crippen molar-refractivity contribution in [2.24, 2.45) is 0 Å². The summed E-state index contributed by atoms with van der Waals surface area (Å²) in [7, 11) is 0. The molecule has 3 rings (SSSR count). The summed E-state index contributed by atoms with van der Waals surface area (Å²) in [6.07, 6.45) is 6.34. The summed E-state index contributed by atoms with van der Waals surface area (Å²) in [4.78, 5) is 8.57. The maximum absolute atomic E-state index is 10.3. The summed E-state index contributed by atoms with van der Waals surface area (Å²) >= 11 is 6.07. The Hall–Kier alpha value is -1.21. The van der Waals surface area contributed by atoms with Gasteiger partial charge in [0.2, 0.25) is 5.28 Å². The third kappa shape index (κ3) is 3.53. The van der Waals surface area contributed by atoms with Crippen LogP contribution in [0.3, 0.4) is 0 Å². The number of aliphatic hydroxyl groups is 1. The van der Waals surface area contributed by atoms with Crippen LogP contribution < -0.4 is 0 Å². The number of aliphatic hydroxyl groups excluding tert-OH is 1. The quantitative estimate of drug-likeness (QED) is 0.595. The molecule has 6 nitrogen and oxygen atoms in total. The molecular weight excluding hydrogens is 342 g/mol. The van der Waals surface area contributed by atoms with Crippen molar-refractivity contribution in [1.82, 2.24) is 14.5 Å². The molecule has 0 aliphatic heterocycles. The van der Waals surface area contributed by atoms with Gasteiger partial charge in [-0.15, -0.1) is 0 Å². The highest BCUT2D eigenvalue weighted by Crippen LogP contribution is 2.40. The average molecular weight is 368 g/mol. The zero-order valence-corrected chi connectivity index (χ0v) is 15.6. The van der Waals surface area contributed by atoms with E-state index in [-0.39, 0.29) is 11.9 Å². The molecule has 1 saturated carbocycles. The fourth-order valence-corrected chi connectivity index (χ4v) is 3.97. The molecule has 0 spiro atoms. The number of nitrogens with zero attached hydrogens (tertiary/aromatic N) is 3. The molecule has 7 heteroatoms. The van der Waals surface area contributed by atoms with E-state index >= 15 is 0 Å². The predicted octanol–water partition coefficient (Wildman–Crippen LogP) is 3.81. The van der Waals surface area contributed by atoms with Crippen LogP contribution >= 0.6 is 11.6 Å². The topological polar surface area (TPSA) is 69.4 Å². The van der Waals surface area contributed by atoms with Gasteiger partial charge in [0.1, 0.15) is 5.65 Å². The van der Waals surface area contributed by atoms with E-state index in [9.17, 15) is 5.11 Å². The predicted molar refractivity (Wildman–Crippen MR) is 96.7 cm³/mol. The lowest BCUT2D eigenvalue weighted by Gasteiger charge is -2.39. The molecule has 0 radical (unpaired) electrons. The van der Waals surface area contributed by atoms with Gasteiger partial charge >= 0.3 is 0 Å². The summed E-state index contributed by atoms with van der Waals surface area (Å²) in [6.45, 7) is 5.00. The Kier molecular flexibility index (Phi) is 5.94. The molecule has 138 valence electrons. The third-order valence-corrected chi connectivity index (χ3v) is 5.15. The molecule has 1 aliphatic rings. The van der Waals surface area contributed by atoms with Gasteiger partial charge < -0.3 is 19.1 Å². The minimum Gasteiger partial charge on any atom is -0.394 e. The summed E-state index contributed by atoms with van der Waals surface area (Å²) in [6, 6.07) is 1.99. The lowest BCUT2D eigenvalue weighted by atomic mass is 9.81.